The predicted octanol–water partition coefficient (Wildman–Crippen LogP) is 2.32. The summed E-state index contributed by atoms with van der Waals surface area (Å²) in [5, 5.41) is 0. The lowest BCUT2D eigenvalue weighted by Crippen LogP contribution is -2.26. The van der Waals surface area contributed by atoms with E-state index in [9.17, 15) is 0 Å². The molecule has 2 N–H and O–H groups in total. The summed E-state index contributed by atoms with van der Waals surface area (Å²) in [5.41, 5.74) is 5.88. The zero-order chi connectivity index (χ0) is 9.80. The van der Waals surface area contributed by atoms with Gasteiger partial charge in [0.2, 0.25) is 0 Å². The average Bonchev–Trinajstić information content (AvgIpc) is 2.86. The molecule has 2 atom stereocenters. The lowest BCUT2D eigenvalue weighted by Gasteiger charge is -2.24. The summed E-state index contributed by atoms with van der Waals surface area (Å²) in [6.45, 7) is 1.84. The van der Waals surface area contributed by atoms with Crippen molar-refractivity contribution >= 4 is 0 Å². The van der Waals surface area contributed by atoms with Gasteiger partial charge in [-0.25, -0.2) is 0 Å². The fourth-order valence-electron chi connectivity index (χ4n) is 3.08. The highest BCUT2D eigenvalue weighted by Gasteiger charge is 2.27. The summed E-state index contributed by atoms with van der Waals surface area (Å²) in [4.78, 5) is 0. The van der Waals surface area contributed by atoms with Crippen LogP contribution >= 0.6 is 0 Å². The van der Waals surface area contributed by atoms with Crippen molar-refractivity contribution in [2.24, 2.45) is 17.6 Å². The number of hydrogen-bond acceptors (Lipinski definition) is 2. The Hall–Kier alpha value is -0.0800. The summed E-state index contributed by atoms with van der Waals surface area (Å²) in [6, 6.07) is 0. The molecule has 2 heteroatoms. The molecule has 0 aromatic heterocycles. The number of rotatable bonds is 4. The molecule has 0 radical (unpaired) electrons. The van der Waals surface area contributed by atoms with Gasteiger partial charge in [-0.15, -0.1) is 0 Å². The average molecular weight is 197 g/mol. The molecule has 0 amide bonds. The Morgan fingerprint density at radius 2 is 1.93 bits per heavy atom. The van der Waals surface area contributed by atoms with E-state index in [4.69, 9.17) is 10.5 Å². The van der Waals surface area contributed by atoms with E-state index >= 15 is 0 Å². The Balaban J connectivity index is 1.79. The summed E-state index contributed by atoms with van der Waals surface area (Å²) in [7, 11) is 0. The third-order valence-electron chi connectivity index (χ3n) is 3.96. The Morgan fingerprint density at radius 1 is 1.14 bits per heavy atom. The molecule has 2 aliphatic rings. The van der Waals surface area contributed by atoms with Crippen molar-refractivity contribution in [3.63, 3.8) is 0 Å². The van der Waals surface area contributed by atoms with Crippen LogP contribution in [-0.2, 0) is 4.74 Å². The quantitative estimate of drug-likeness (QED) is 0.750. The van der Waals surface area contributed by atoms with Crippen molar-refractivity contribution in [3.8, 4) is 0 Å². The highest BCUT2D eigenvalue weighted by Crippen LogP contribution is 2.34. The molecule has 2 nitrogen and oxygen atoms in total. The van der Waals surface area contributed by atoms with Gasteiger partial charge in [-0.1, -0.05) is 25.7 Å². The zero-order valence-electron chi connectivity index (χ0n) is 9.08. The molecule has 0 aromatic rings. The van der Waals surface area contributed by atoms with Crippen LogP contribution in [0, 0.1) is 11.8 Å². The second-order valence-electron chi connectivity index (χ2n) is 4.91. The molecule has 1 aliphatic heterocycles. The van der Waals surface area contributed by atoms with Crippen LogP contribution in [0.15, 0.2) is 0 Å². The second-order valence-corrected chi connectivity index (χ2v) is 4.91. The Morgan fingerprint density at radius 3 is 2.50 bits per heavy atom. The largest absolute Gasteiger partial charge is 0.378 e. The standard InChI is InChI=1S/C12H23NO/c13-9-11(10-4-1-2-5-10)8-12-6-3-7-14-12/h10-12H,1-9,13H2. The molecule has 0 aromatic carbocycles. The summed E-state index contributed by atoms with van der Waals surface area (Å²) < 4.78 is 5.69. The van der Waals surface area contributed by atoms with Gasteiger partial charge in [0.05, 0.1) is 6.10 Å². The number of ether oxygens (including phenoxy) is 1. The first-order valence-corrected chi connectivity index (χ1v) is 6.22. The first-order valence-electron chi connectivity index (χ1n) is 6.22. The minimum Gasteiger partial charge on any atom is -0.378 e. The van der Waals surface area contributed by atoms with Crippen LogP contribution in [0.5, 0.6) is 0 Å². The zero-order valence-corrected chi connectivity index (χ0v) is 9.08. The third kappa shape index (κ3) is 2.48. The van der Waals surface area contributed by atoms with Gasteiger partial charge < -0.3 is 10.5 Å². The number of hydrogen-bond donors (Lipinski definition) is 1. The lowest BCUT2D eigenvalue weighted by atomic mass is 9.86. The van der Waals surface area contributed by atoms with E-state index in [1.165, 1.54) is 44.9 Å². The van der Waals surface area contributed by atoms with Crippen LogP contribution < -0.4 is 5.73 Å². The molecule has 1 aliphatic carbocycles. The smallest absolute Gasteiger partial charge is 0.0579 e. The van der Waals surface area contributed by atoms with E-state index in [-0.39, 0.29) is 0 Å². The topological polar surface area (TPSA) is 35.2 Å². The van der Waals surface area contributed by atoms with Gasteiger partial charge in [0.25, 0.3) is 0 Å². The van der Waals surface area contributed by atoms with E-state index in [0.29, 0.717) is 6.10 Å². The van der Waals surface area contributed by atoms with Crippen LogP contribution in [0.2, 0.25) is 0 Å². The number of nitrogens with two attached hydrogens (primary N) is 1. The fraction of sp³-hybridized carbons (Fsp3) is 1.00. The van der Waals surface area contributed by atoms with Gasteiger partial charge in [-0.2, -0.15) is 0 Å². The van der Waals surface area contributed by atoms with E-state index in [1.807, 2.05) is 0 Å². The SMILES string of the molecule is NCC(CC1CCCO1)C1CCCC1. The summed E-state index contributed by atoms with van der Waals surface area (Å²) >= 11 is 0. The highest BCUT2D eigenvalue weighted by atomic mass is 16.5. The van der Waals surface area contributed by atoms with E-state index in [2.05, 4.69) is 0 Å². The normalized spacial score (nSPS) is 31.1. The van der Waals surface area contributed by atoms with Crippen LogP contribution in [0.3, 0.4) is 0 Å². The minimum atomic E-state index is 0.532. The molecule has 82 valence electrons. The predicted molar refractivity (Wildman–Crippen MR) is 58.1 cm³/mol. The van der Waals surface area contributed by atoms with Crippen LogP contribution in [-0.4, -0.2) is 19.3 Å². The molecule has 1 heterocycles. The van der Waals surface area contributed by atoms with Crippen LogP contribution in [0.25, 0.3) is 0 Å². The molecular formula is C12H23NO. The molecular weight excluding hydrogens is 174 g/mol. The van der Waals surface area contributed by atoms with Gasteiger partial charge in [-0.3, -0.25) is 0 Å². The van der Waals surface area contributed by atoms with Gasteiger partial charge in [0.1, 0.15) is 0 Å². The van der Waals surface area contributed by atoms with Gasteiger partial charge >= 0.3 is 0 Å². The Labute approximate surface area is 87.2 Å². The van der Waals surface area contributed by atoms with Gasteiger partial charge in [0, 0.05) is 6.61 Å². The minimum absolute atomic E-state index is 0.532. The lowest BCUT2D eigenvalue weighted by molar-refractivity contribution is 0.0808. The van der Waals surface area contributed by atoms with Gasteiger partial charge in [0.15, 0.2) is 0 Å². The molecule has 2 unspecified atom stereocenters. The van der Waals surface area contributed by atoms with Crippen LogP contribution in [0.1, 0.15) is 44.9 Å². The van der Waals surface area contributed by atoms with Crippen molar-refractivity contribution in [2.45, 2.75) is 51.0 Å². The molecule has 2 fully saturated rings. The second kappa shape index (κ2) is 5.13. The maximum atomic E-state index is 5.88. The highest BCUT2D eigenvalue weighted by molar-refractivity contribution is 4.79. The third-order valence-corrected chi connectivity index (χ3v) is 3.96. The van der Waals surface area contributed by atoms with Crippen molar-refractivity contribution in [3.05, 3.63) is 0 Å². The van der Waals surface area contributed by atoms with E-state index in [0.717, 1.165) is 25.0 Å². The van der Waals surface area contributed by atoms with Crippen molar-refractivity contribution in [1.82, 2.24) is 0 Å². The molecule has 2 rings (SSSR count). The van der Waals surface area contributed by atoms with Crippen molar-refractivity contribution in [2.75, 3.05) is 13.2 Å². The Bertz CT molecular complexity index is 160. The monoisotopic (exact) mass is 197 g/mol. The fourth-order valence-corrected chi connectivity index (χ4v) is 3.08. The molecule has 0 bridgehead atoms. The molecule has 1 saturated heterocycles. The molecule has 1 saturated carbocycles. The van der Waals surface area contributed by atoms with E-state index < -0.39 is 0 Å². The molecule has 14 heavy (non-hydrogen) atoms. The van der Waals surface area contributed by atoms with Gasteiger partial charge in [-0.05, 0) is 37.6 Å². The van der Waals surface area contributed by atoms with Crippen LogP contribution in [0.4, 0.5) is 0 Å². The first-order chi connectivity index (χ1) is 6.90. The van der Waals surface area contributed by atoms with E-state index in [1.54, 1.807) is 0 Å². The maximum Gasteiger partial charge on any atom is 0.0579 e. The maximum absolute atomic E-state index is 5.88. The Kier molecular flexibility index (Phi) is 3.82. The van der Waals surface area contributed by atoms with Crippen molar-refractivity contribution in [1.29, 1.82) is 0 Å². The molecule has 0 spiro atoms. The summed E-state index contributed by atoms with van der Waals surface area (Å²) in [5.74, 6) is 1.64. The van der Waals surface area contributed by atoms with Crippen molar-refractivity contribution < 1.29 is 4.74 Å². The summed E-state index contributed by atoms with van der Waals surface area (Å²) in [6.07, 6.45) is 9.95. The first kappa shape index (κ1) is 10.4.